The number of ether oxygens (including phenoxy) is 1. The average molecular weight is 529 g/mol. The molecule has 0 fully saturated rings. The van der Waals surface area contributed by atoms with Crippen LogP contribution in [-0.4, -0.2) is 31.0 Å². The summed E-state index contributed by atoms with van der Waals surface area (Å²) >= 11 is 1.60. The average Bonchev–Trinajstić information content (AvgIpc) is 3.48. The summed E-state index contributed by atoms with van der Waals surface area (Å²) in [6, 6.07) is 24.7. The van der Waals surface area contributed by atoms with E-state index < -0.39 is 12.1 Å². The number of nitrogens with one attached hydrogen (secondary N) is 3. The lowest BCUT2D eigenvalue weighted by Crippen LogP contribution is -2.47. The van der Waals surface area contributed by atoms with Gasteiger partial charge in [0.25, 0.3) is 5.91 Å². The van der Waals surface area contributed by atoms with E-state index in [1.54, 1.807) is 41.7 Å². The fraction of sp³-hybridized carbons (Fsp3) is 0.138. The number of nitrogen functional groups attached to an aromatic ring is 1. The van der Waals surface area contributed by atoms with Crippen LogP contribution in [0.2, 0.25) is 0 Å². The molecule has 194 valence electrons. The van der Waals surface area contributed by atoms with Crippen molar-refractivity contribution in [2.24, 2.45) is 0 Å². The van der Waals surface area contributed by atoms with Crippen molar-refractivity contribution >= 4 is 40.6 Å². The van der Waals surface area contributed by atoms with Crippen molar-refractivity contribution in [2.75, 3.05) is 18.1 Å². The maximum Gasteiger partial charge on any atom is 0.408 e. The number of rotatable bonds is 9. The monoisotopic (exact) mass is 528 g/mol. The van der Waals surface area contributed by atoms with Gasteiger partial charge in [-0.25, -0.2) is 4.79 Å². The molecule has 4 rings (SSSR count). The quantitative estimate of drug-likeness (QED) is 0.232. The first kappa shape index (κ1) is 26.4. The number of amides is 3. The summed E-state index contributed by atoms with van der Waals surface area (Å²) in [5.74, 6) is -0.665. The second-order valence-corrected chi connectivity index (χ2v) is 9.46. The highest BCUT2D eigenvalue weighted by atomic mass is 32.1. The maximum atomic E-state index is 12.9. The van der Waals surface area contributed by atoms with Crippen molar-refractivity contribution in [3.8, 4) is 10.4 Å². The molecular formula is C29H28N4O4S. The summed E-state index contributed by atoms with van der Waals surface area (Å²) in [5, 5.41) is 10.0. The van der Waals surface area contributed by atoms with E-state index in [-0.39, 0.29) is 24.8 Å². The first-order valence-corrected chi connectivity index (χ1v) is 12.8. The molecule has 0 aliphatic rings. The molecule has 38 heavy (non-hydrogen) atoms. The van der Waals surface area contributed by atoms with Crippen LogP contribution in [0.4, 0.5) is 16.2 Å². The van der Waals surface area contributed by atoms with Crippen LogP contribution < -0.4 is 21.7 Å². The third-order valence-electron chi connectivity index (χ3n) is 5.83. The normalized spacial score (nSPS) is 11.3. The lowest BCUT2D eigenvalue weighted by molar-refractivity contribution is -0.122. The Bertz CT molecular complexity index is 1390. The van der Waals surface area contributed by atoms with Gasteiger partial charge in [-0.05, 0) is 52.4 Å². The molecule has 4 aromatic rings. The second kappa shape index (κ2) is 12.6. The summed E-state index contributed by atoms with van der Waals surface area (Å²) in [4.78, 5) is 38.7. The van der Waals surface area contributed by atoms with Crippen LogP contribution in [0.15, 0.2) is 90.3 Å². The van der Waals surface area contributed by atoms with E-state index in [4.69, 9.17) is 10.5 Å². The number of hydrogen-bond acceptors (Lipinski definition) is 6. The van der Waals surface area contributed by atoms with Gasteiger partial charge in [-0.2, -0.15) is 0 Å². The fourth-order valence-electron chi connectivity index (χ4n) is 3.77. The minimum atomic E-state index is -0.845. The first-order valence-electron chi connectivity index (χ1n) is 12.0. The van der Waals surface area contributed by atoms with E-state index in [2.05, 4.69) is 16.0 Å². The molecule has 0 unspecified atom stereocenters. The predicted octanol–water partition coefficient (Wildman–Crippen LogP) is 4.83. The number of hydrogen-bond donors (Lipinski definition) is 4. The number of thiophene rings is 1. The van der Waals surface area contributed by atoms with E-state index >= 15 is 0 Å². The van der Waals surface area contributed by atoms with Crippen LogP contribution in [0.5, 0.6) is 0 Å². The number of anilines is 2. The van der Waals surface area contributed by atoms with Gasteiger partial charge in [-0.1, -0.05) is 54.6 Å². The zero-order valence-corrected chi connectivity index (χ0v) is 21.6. The van der Waals surface area contributed by atoms with Gasteiger partial charge < -0.3 is 26.4 Å². The van der Waals surface area contributed by atoms with Crippen LogP contribution in [-0.2, 0) is 22.6 Å². The SMILES string of the molecule is CNC(=O)[C@H](Cc1ccc(C(=O)Nc2cc(-c3cccs3)ccc2N)cc1)NC(=O)OCc1ccccc1. The van der Waals surface area contributed by atoms with Gasteiger partial charge in [0.2, 0.25) is 5.91 Å². The molecule has 3 aromatic carbocycles. The number of alkyl carbamates (subject to hydrolysis) is 1. The summed E-state index contributed by atoms with van der Waals surface area (Å²) in [6.07, 6.45) is -0.474. The minimum Gasteiger partial charge on any atom is -0.445 e. The molecule has 9 heteroatoms. The molecule has 0 saturated heterocycles. The number of benzene rings is 3. The molecular weight excluding hydrogens is 500 g/mol. The fourth-order valence-corrected chi connectivity index (χ4v) is 4.50. The third-order valence-corrected chi connectivity index (χ3v) is 6.75. The van der Waals surface area contributed by atoms with Gasteiger partial charge >= 0.3 is 6.09 Å². The summed E-state index contributed by atoms with van der Waals surface area (Å²) < 4.78 is 5.25. The Balaban J connectivity index is 1.38. The van der Waals surface area contributed by atoms with E-state index in [0.717, 1.165) is 21.6 Å². The topological polar surface area (TPSA) is 123 Å². The molecule has 1 atom stereocenters. The Morgan fingerprint density at radius 2 is 1.68 bits per heavy atom. The molecule has 3 amide bonds. The van der Waals surface area contributed by atoms with Crippen molar-refractivity contribution in [2.45, 2.75) is 19.1 Å². The van der Waals surface area contributed by atoms with Gasteiger partial charge in [0, 0.05) is 23.9 Å². The van der Waals surface area contributed by atoms with Crippen LogP contribution in [0.25, 0.3) is 10.4 Å². The van der Waals surface area contributed by atoms with Gasteiger partial charge in [-0.15, -0.1) is 11.3 Å². The van der Waals surface area contributed by atoms with Crippen molar-refractivity contribution < 1.29 is 19.1 Å². The molecule has 1 aromatic heterocycles. The van der Waals surface area contributed by atoms with Crippen LogP contribution >= 0.6 is 11.3 Å². The first-order chi connectivity index (χ1) is 18.4. The zero-order valence-electron chi connectivity index (χ0n) is 20.8. The lowest BCUT2D eigenvalue weighted by atomic mass is 10.0. The maximum absolute atomic E-state index is 12.9. The van der Waals surface area contributed by atoms with E-state index in [9.17, 15) is 14.4 Å². The number of nitrogens with two attached hydrogens (primary N) is 1. The van der Waals surface area contributed by atoms with E-state index in [1.807, 2.05) is 60.0 Å². The van der Waals surface area contributed by atoms with Crippen molar-refractivity contribution in [1.29, 1.82) is 0 Å². The largest absolute Gasteiger partial charge is 0.445 e. The summed E-state index contributed by atoms with van der Waals surface area (Å²) in [6.45, 7) is 0.0949. The number of likely N-dealkylation sites (N-methyl/N-ethyl adjacent to an activating group) is 1. The standard InChI is InChI=1S/C29H28N4O4S/c1-31-28(35)25(33-29(36)37-18-20-6-3-2-4-7-20)16-19-9-11-21(12-10-19)27(34)32-24-17-22(13-14-23(24)30)26-8-5-15-38-26/h2-15,17,25H,16,18,30H2,1H3,(H,31,35)(H,32,34)(H,33,36)/t25-/m0/s1. The summed E-state index contributed by atoms with van der Waals surface area (Å²) in [5.41, 5.74) is 10.1. The molecule has 0 radical (unpaired) electrons. The van der Waals surface area contributed by atoms with Crippen LogP contribution in [0.1, 0.15) is 21.5 Å². The Labute approximate surface area is 224 Å². The Kier molecular flexibility index (Phi) is 8.73. The Morgan fingerprint density at radius 1 is 0.921 bits per heavy atom. The predicted molar refractivity (Wildman–Crippen MR) is 150 cm³/mol. The van der Waals surface area contributed by atoms with Crippen LogP contribution in [0.3, 0.4) is 0 Å². The lowest BCUT2D eigenvalue weighted by Gasteiger charge is -2.17. The molecule has 8 nitrogen and oxygen atoms in total. The molecule has 0 aliphatic carbocycles. The highest BCUT2D eigenvalue weighted by molar-refractivity contribution is 7.13. The molecule has 0 spiro atoms. The molecule has 0 bridgehead atoms. The van der Waals surface area contributed by atoms with Crippen molar-refractivity contribution in [3.05, 3.63) is 107 Å². The van der Waals surface area contributed by atoms with Gasteiger partial charge in [0.1, 0.15) is 12.6 Å². The highest BCUT2D eigenvalue weighted by Gasteiger charge is 2.21. The minimum absolute atomic E-state index is 0.0949. The van der Waals surface area contributed by atoms with Crippen LogP contribution in [0, 0.1) is 0 Å². The number of carbonyl (C=O) groups is 3. The Morgan fingerprint density at radius 3 is 2.37 bits per heavy atom. The number of carbonyl (C=O) groups excluding carboxylic acids is 3. The molecule has 0 aliphatic heterocycles. The van der Waals surface area contributed by atoms with Gasteiger partial charge in [0.05, 0.1) is 11.4 Å². The van der Waals surface area contributed by atoms with E-state index in [0.29, 0.717) is 16.9 Å². The molecule has 0 saturated carbocycles. The summed E-state index contributed by atoms with van der Waals surface area (Å²) in [7, 11) is 1.50. The third kappa shape index (κ3) is 6.98. The van der Waals surface area contributed by atoms with Gasteiger partial charge in [0.15, 0.2) is 0 Å². The molecule has 1 heterocycles. The van der Waals surface area contributed by atoms with Crippen molar-refractivity contribution in [1.82, 2.24) is 10.6 Å². The second-order valence-electron chi connectivity index (χ2n) is 8.51. The highest BCUT2D eigenvalue weighted by Crippen LogP contribution is 2.30. The molecule has 5 N–H and O–H groups in total. The smallest absolute Gasteiger partial charge is 0.408 e. The Hall–Kier alpha value is -4.63. The van der Waals surface area contributed by atoms with E-state index in [1.165, 1.54) is 7.05 Å². The van der Waals surface area contributed by atoms with Crippen molar-refractivity contribution in [3.63, 3.8) is 0 Å². The zero-order chi connectivity index (χ0) is 26.9. The van der Waals surface area contributed by atoms with Gasteiger partial charge in [-0.3, -0.25) is 9.59 Å².